The van der Waals surface area contributed by atoms with E-state index in [-0.39, 0.29) is 18.0 Å². The maximum atomic E-state index is 11.5. The first-order valence-corrected chi connectivity index (χ1v) is 8.32. The molecule has 0 radical (unpaired) electrons. The quantitative estimate of drug-likeness (QED) is 0.803. The van der Waals surface area contributed by atoms with Gasteiger partial charge in [0.1, 0.15) is 17.6 Å². The van der Waals surface area contributed by atoms with Crippen LogP contribution in [-0.4, -0.2) is 19.7 Å². The van der Waals surface area contributed by atoms with Gasteiger partial charge >= 0.3 is 5.97 Å². The summed E-state index contributed by atoms with van der Waals surface area (Å²) in [5.74, 6) is 1.48. The lowest BCUT2D eigenvalue weighted by Crippen LogP contribution is -2.09. The molecular weight excluding hydrogens is 304 g/mol. The van der Waals surface area contributed by atoms with Gasteiger partial charge in [0.05, 0.1) is 20.1 Å². The minimum absolute atomic E-state index is 0.0636. The van der Waals surface area contributed by atoms with Crippen LogP contribution >= 0.6 is 0 Å². The van der Waals surface area contributed by atoms with Crippen LogP contribution in [0.3, 0.4) is 0 Å². The van der Waals surface area contributed by atoms with Crippen LogP contribution in [0, 0.1) is 0 Å². The molecule has 2 aromatic rings. The molecule has 2 atom stereocenters. The molecule has 0 N–H and O–H groups in total. The van der Waals surface area contributed by atoms with Gasteiger partial charge in [-0.1, -0.05) is 30.3 Å². The second kappa shape index (κ2) is 6.19. The summed E-state index contributed by atoms with van der Waals surface area (Å²) in [7, 11) is 1.41. The summed E-state index contributed by atoms with van der Waals surface area (Å²) in [5, 5.41) is 0. The first-order chi connectivity index (χ1) is 11.7. The fourth-order valence-electron chi connectivity index (χ4n) is 3.59. The molecule has 2 unspecified atom stereocenters. The molecule has 0 amide bonds. The van der Waals surface area contributed by atoms with Gasteiger partial charge in [0.2, 0.25) is 0 Å². The third-order valence-electron chi connectivity index (χ3n) is 4.86. The Bertz CT molecular complexity index is 768. The van der Waals surface area contributed by atoms with Gasteiger partial charge < -0.3 is 14.2 Å². The van der Waals surface area contributed by atoms with E-state index < -0.39 is 0 Å². The number of fused-ring (bicyclic) bond motifs is 2. The summed E-state index contributed by atoms with van der Waals surface area (Å²) >= 11 is 0. The largest absolute Gasteiger partial charge is 0.492 e. The number of esters is 1. The first-order valence-electron chi connectivity index (χ1n) is 8.32. The number of hydrogen-bond acceptors (Lipinski definition) is 4. The zero-order valence-electron chi connectivity index (χ0n) is 13.7. The SMILES string of the molecule is COC(=O)CC1COc2cc(OC3CCc4ccccc43)ccc21. The molecule has 0 bridgehead atoms. The summed E-state index contributed by atoms with van der Waals surface area (Å²) < 4.78 is 16.7. The Hall–Kier alpha value is -2.49. The Morgan fingerprint density at radius 1 is 1.21 bits per heavy atom. The highest BCUT2D eigenvalue weighted by atomic mass is 16.5. The van der Waals surface area contributed by atoms with Gasteiger partial charge in [-0.2, -0.15) is 0 Å². The molecule has 0 saturated heterocycles. The lowest BCUT2D eigenvalue weighted by molar-refractivity contribution is -0.141. The minimum Gasteiger partial charge on any atom is -0.492 e. The number of ether oxygens (including phenoxy) is 3. The number of aryl methyl sites for hydroxylation is 1. The summed E-state index contributed by atoms with van der Waals surface area (Å²) in [5.41, 5.74) is 3.71. The van der Waals surface area contributed by atoms with Crippen LogP contribution in [0.4, 0.5) is 0 Å². The fourth-order valence-corrected chi connectivity index (χ4v) is 3.59. The molecule has 4 heteroatoms. The van der Waals surface area contributed by atoms with E-state index >= 15 is 0 Å². The van der Waals surface area contributed by atoms with Gasteiger partial charge in [0, 0.05) is 17.5 Å². The lowest BCUT2D eigenvalue weighted by atomic mass is 9.98. The van der Waals surface area contributed by atoms with Gasteiger partial charge in [-0.15, -0.1) is 0 Å². The van der Waals surface area contributed by atoms with Crippen molar-refractivity contribution < 1.29 is 19.0 Å². The smallest absolute Gasteiger partial charge is 0.306 e. The standard InChI is InChI=1S/C20H20O4/c1-22-20(21)10-14-12-23-19-11-15(7-8-17(14)19)24-18-9-6-13-4-2-3-5-16(13)18/h2-5,7-8,11,14,18H,6,9-10,12H2,1H3. The van der Waals surface area contributed by atoms with Gasteiger partial charge in [-0.3, -0.25) is 4.79 Å². The predicted molar refractivity (Wildman–Crippen MR) is 89.4 cm³/mol. The topological polar surface area (TPSA) is 44.8 Å². The van der Waals surface area contributed by atoms with Crippen LogP contribution < -0.4 is 9.47 Å². The Kier molecular flexibility index (Phi) is 3.89. The van der Waals surface area contributed by atoms with E-state index in [1.54, 1.807) is 0 Å². The highest BCUT2D eigenvalue weighted by molar-refractivity contribution is 5.71. The Morgan fingerprint density at radius 2 is 2.08 bits per heavy atom. The molecule has 4 rings (SSSR count). The van der Waals surface area contributed by atoms with Crippen molar-refractivity contribution in [1.82, 2.24) is 0 Å². The van der Waals surface area contributed by atoms with Crippen molar-refractivity contribution in [2.24, 2.45) is 0 Å². The van der Waals surface area contributed by atoms with Gasteiger partial charge in [-0.25, -0.2) is 0 Å². The third kappa shape index (κ3) is 2.73. The van der Waals surface area contributed by atoms with Crippen LogP contribution in [-0.2, 0) is 16.0 Å². The molecule has 0 aromatic heterocycles. The molecule has 0 fully saturated rings. The van der Waals surface area contributed by atoms with E-state index in [2.05, 4.69) is 24.3 Å². The number of benzene rings is 2. The van der Waals surface area contributed by atoms with Crippen LogP contribution in [0.5, 0.6) is 11.5 Å². The van der Waals surface area contributed by atoms with Crippen LogP contribution in [0.1, 0.15) is 41.6 Å². The average molecular weight is 324 g/mol. The Labute approximate surface area is 141 Å². The molecule has 1 aliphatic carbocycles. The number of hydrogen-bond donors (Lipinski definition) is 0. The van der Waals surface area contributed by atoms with E-state index in [9.17, 15) is 4.79 Å². The number of methoxy groups -OCH3 is 1. The molecule has 1 heterocycles. The second-order valence-corrected chi connectivity index (χ2v) is 6.33. The molecule has 4 nitrogen and oxygen atoms in total. The molecular formula is C20H20O4. The molecule has 24 heavy (non-hydrogen) atoms. The first kappa shape index (κ1) is 15.1. The number of rotatable bonds is 4. The zero-order valence-corrected chi connectivity index (χ0v) is 13.7. The van der Waals surface area contributed by atoms with E-state index in [1.165, 1.54) is 18.2 Å². The summed E-state index contributed by atoms with van der Waals surface area (Å²) in [4.78, 5) is 11.5. The molecule has 124 valence electrons. The van der Waals surface area contributed by atoms with Crippen molar-refractivity contribution >= 4 is 5.97 Å². The van der Waals surface area contributed by atoms with Crippen molar-refractivity contribution in [2.75, 3.05) is 13.7 Å². The summed E-state index contributed by atoms with van der Waals surface area (Å²) in [6.07, 6.45) is 2.51. The zero-order chi connectivity index (χ0) is 16.5. The Morgan fingerprint density at radius 3 is 2.96 bits per heavy atom. The van der Waals surface area contributed by atoms with Crippen molar-refractivity contribution in [3.8, 4) is 11.5 Å². The second-order valence-electron chi connectivity index (χ2n) is 6.33. The number of carbonyl (C=O) groups is 1. The molecule has 0 spiro atoms. The average Bonchev–Trinajstić information content (AvgIpc) is 3.19. The third-order valence-corrected chi connectivity index (χ3v) is 4.86. The predicted octanol–water partition coefficient (Wildman–Crippen LogP) is 3.79. The molecule has 0 saturated carbocycles. The van der Waals surface area contributed by atoms with E-state index in [4.69, 9.17) is 14.2 Å². The highest BCUT2D eigenvalue weighted by Gasteiger charge is 2.28. The normalized spacial score (nSPS) is 20.9. The monoisotopic (exact) mass is 324 g/mol. The van der Waals surface area contributed by atoms with Crippen molar-refractivity contribution in [2.45, 2.75) is 31.3 Å². The van der Waals surface area contributed by atoms with Crippen LogP contribution in [0.25, 0.3) is 0 Å². The van der Waals surface area contributed by atoms with Crippen LogP contribution in [0.15, 0.2) is 42.5 Å². The number of carbonyl (C=O) groups excluding carboxylic acids is 1. The van der Waals surface area contributed by atoms with E-state index in [1.807, 2.05) is 18.2 Å². The van der Waals surface area contributed by atoms with Crippen LogP contribution in [0.2, 0.25) is 0 Å². The Balaban J connectivity index is 1.50. The minimum atomic E-state index is -0.209. The lowest BCUT2D eigenvalue weighted by Gasteiger charge is -2.15. The van der Waals surface area contributed by atoms with E-state index in [0.717, 1.165) is 29.9 Å². The van der Waals surface area contributed by atoms with E-state index in [0.29, 0.717) is 13.0 Å². The maximum Gasteiger partial charge on any atom is 0.306 e. The maximum absolute atomic E-state index is 11.5. The fraction of sp³-hybridized carbons (Fsp3) is 0.350. The molecule has 2 aliphatic rings. The summed E-state index contributed by atoms with van der Waals surface area (Å²) in [6.45, 7) is 0.514. The van der Waals surface area contributed by atoms with Gasteiger partial charge in [0.15, 0.2) is 0 Å². The molecule has 2 aromatic carbocycles. The van der Waals surface area contributed by atoms with Gasteiger partial charge in [0.25, 0.3) is 0 Å². The summed E-state index contributed by atoms with van der Waals surface area (Å²) in [6, 6.07) is 14.4. The van der Waals surface area contributed by atoms with Crippen molar-refractivity contribution in [3.63, 3.8) is 0 Å². The molecule has 1 aliphatic heterocycles. The van der Waals surface area contributed by atoms with Crippen molar-refractivity contribution in [1.29, 1.82) is 0 Å². The van der Waals surface area contributed by atoms with Crippen molar-refractivity contribution in [3.05, 3.63) is 59.2 Å². The highest BCUT2D eigenvalue weighted by Crippen LogP contribution is 2.41. The van der Waals surface area contributed by atoms with Gasteiger partial charge in [-0.05, 0) is 30.0 Å².